The lowest BCUT2D eigenvalue weighted by atomic mass is 10.0. The van der Waals surface area contributed by atoms with Crippen LogP contribution >= 0.6 is 11.8 Å². The first kappa shape index (κ1) is 14.3. The molecule has 0 fully saturated rings. The van der Waals surface area contributed by atoms with Crippen LogP contribution in [0.15, 0.2) is 18.5 Å². The average molecular weight is 264 g/mol. The van der Waals surface area contributed by atoms with E-state index in [0.717, 1.165) is 6.07 Å². The van der Waals surface area contributed by atoms with Crippen LogP contribution in [-0.4, -0.2) is 23.5 Å². The van der Waals surface area contributed by atoms with E-state index in [-0.39, 0.29) is 11.6 Å². The van der Waals surface area contributed by atoms with Crippen molar-refractivity contribution in [3.8, 4) is 0 Å². The van der Waals surface area contributed by atoms with E-state index in [9.17, 15) is 13.2 Å². The number of nitrogens with one attached hydrogen (secondary N) is 1. The van der Waals surface area contributed by atoms with Crippen molar-refractivity contribution in [1.82, 2.24) is 10.3 Å². The molecule has 0 aliphatic rings. The van der Waals surface area contributed by atoms with Crippen LogP contribution in [0.4, 0.5) is 13.2 Å². The molecule has 0 saturated carbocycles. The molecular weight excluding hydrogens is 249 g/mol. The van der Waals surface area contributed by atoms with Gasteiger partial charge in [-0.1, -0.05) is 6.92 Å². The van der Waals surface area contributed by atoms with Gasteiger partial charge >= 0.3 is 6.18 Å². The van der Waals surface area contributed by atoms with Crippen molar-refractivity contribution in [1.29, 1.82) is 0 Å². The van der Waals surface area contributed by atoms with Crippen molar-refractivity contribution < 1.29 is 13.2 Å². The molecule has 0 aliphatic carbocycles. The van der Waals surface area contributed by atoms with Gasteiger partial charge in [0.2, 0.25) is 0 Å². The van der Waals surface area contributed by atoms with Crippen LogP contribution in [0.25, 0.3) is 0 Å². The number of thioether (sulfide) groups is 1. The van der Waals surface area contributed by atoms with Gasteiger partial charge in [0.05, 0.1) is 5.56 Å². The molecule has 6 heteroatoms. The lowest BCUT2D eigenvalue weighted by Gasteiger charge is -2.21. The first-order valence-corrected chi connectivity index (χ1v) is 6.63. The molecule has 0 spiro atoms. The molecule has 96 valence electrons. The Morgan fingerprint density at radius 1 is 1.47 bits per heavy atom. The molecule has 0 amide bonds. The minimum atomic E-state index is -4.33. The van der Waals surface area contributed by atoms with E-state index in [2.05, 4.69) is 10.3 Å². The van der Waals surface area contributed by atoms with E-state index in [1.807, 2.05) is 13.2 Å². The summed E-state index contributed by atoms with van der Waals surface area (Å²) < 4.78 is 38.5. The van der Waals surface area contributed by atoms with Gasteiger partial charge in [-0.25, -0.2) is 0 Å². The molecule has 1 atom stereocenters. The van der Waals surface area contributed by atoms with Crippen molar-refractivity contribution in [3.05, 3.63) is 29.6 Å². The number of rotatable bonds is 5. The Balaban J connectivity index is 3.09. The van der Waals surface area contributed by atoms with Crippen LogP contribution in [0, 0.1) is 0 Å². The maximum Gasteiger partial charge on any atom is 0.416 e. The van der Waals surface area contributed by atoms with E-state index < -0.39 is 11.7 Å². The smallest absolute Gasteiger partial charge is 0.309 e. The molecular formula is C11H15F3N2S. The molecule has 1 heterocycles. The summed E-state index contributed by atoms with van der Waals surface area (Å²) in [5.41, 5.74) is -0.385. The Morgan fingerprint density at radius 2 is 2.18 bits per heavy atom. The molecule has 1 unspecified atom stereocenters. The zero-order valence-corrected chi connectivity index (χ0v) is 10.5. The van der Waals surface area contributed by atoms with E-state index in [4.69, 9.17) is 0 Å². The van der Waals surface area contributed by atoms with Crippen LogP contribution in [0.5, 0.6) is 0 Å². The van der Waals surface area contributed by atoms with Gasteiger partial charge in [-0.15, -0.1) is 0 Å². The third-order valence-corrected chi connectivity index (χ3v) is 2.98. The number of aromatic nitrogens is 1. The highest BCUT2D eigenvalue weighted by molar-refractivity contribution is 7.98. The number of pyridine rings is 1. The Bertz CT molecular complexity index is 349. The molecule has 1 aromatic rings. The van der Waals surface area contributed by atoms with E-state index in [1.165, 1.54) is 24.2 Å². The number of nitrogens with zero attached hydrogens (tertiary/aromatic N) is 1. The first-order chi connectivity index (χ1) is 8.00. The lowest BCUT2D eigenvalue weighted by molar-refractivity contribution is -0.138. The summed E-state index contributed by atoms with van der Waals surface area (Å²) in [7, 11) is 0. The fourth-order valence-electron chi connectivity index (χ4n) is 1.61. The van der Waals surface area contributed by atoms with Crippen LogP contribution in [0.2, 0.25) is 0 Å². The number of alkyl halides is 3. The van der Waals surface area contributed by atoms with Gasteiger partial charge in [0.15, 0.2) is 0 Å². The summed E-state index contributed by atoms with van der Waals surface area (Å²) in [6.07, 6.45) is 0.0130. The zero-order chi connectivity index (χ0) is 12.9. The van der Waals surface area contributed by atoms with Crippen molar-refractivity contribution in [2.45, 2.75) is 19.1 Å². The lowest BCUT2D eigenvalue weighted by Crippen LogP contribution is -2.26. The van der Waals surface area contributed by atoms with Gasteiger partial charge < -0.3 is 5.32 Å². The quantitative estimate of drug-likeness (QED) is 0.884. The molecule has 17 heavy (non-hydrogen) atoms. The predicted octanol–water partition coefficient (Wildman–Crippen LogP) is 3.11. The van der Waals surface area contributed by atoms with Gasteiger partial charge in [-0.05, 0) is 18.9 Å². The van der Waals surface area contributed by atoms with Crippen molar-refractivity contribution in [2.24, 2.45) is 0 Å². The zero-order valence-electron chi connectivity index (χ0n) is 9.71. The van der Waals surface area contributed by atoms with Gasteiger partial charge in [0.1, 0.15) is 0 Å². The number of halogens is 3. The Morgan fingerprint density at radius 3 is 2.71 bits per heavy atom. The molecule has 1 N–H and O–H groups in total. The van der Waals surface area contributed by atoms with Gasteiger partial charge in [-0.3, -0.25) is 4.98 Å². The summed E-state index contributed by atoms with van der Waals surface area (Å²) in [6.45, 7) is 2.49. The van der Waals surface area contributed by atoms with E-state index in [0.29, 0.717) is 12.3 Å². The van der Waals surface area contributed by atoms with Crippen LogP contribution in [0.3, 0.4) is 0 Å². The van der Waals surface area contributed by atoms with Crippen molar-refractivity contribution in [3.63, 3.8) is 0 Å². The van der Waals surface area contributed by atoms with Crippen LogP contribution in [0.1, 0.15) is 24.1 Å². The Hall–Kier alpha value is -0.750. The summed E-state index contributed by atoms with van der Waals surface area (Å²) in [5.74, 6) is 0.586. The fourth-order valence-corrected chi connectivity index (χ4v) is 2.24. The Kier molecular flexibility index (Phi) is 5.27. The first-order valence-electron chi connectivity index (χ1n) is 5.24. The Labute approximate surface area is 103 Å². The van der Waals surface area contributed by atoms with E-state index in [1.54, 1.807) is 0 Å². The molecule has 0 radical (unpaired) electrons. The SMILES string of the molecule is CCNC(CSC)c1cnccc1C(F)(F)F. The standard InChI is InChI=1S/C11H15F3N2S/c1-3-16-10(7-17-2)8-6-15-5-4-9(8)11(12,13)14/h4-6,10,16H,3,7H2,1-2H3. The summed E-state index contributed by atoms with van der Waals surface area (Å²) in [4.78, 5) is 3.79. The van der Waals surface area contributed by atoms with Gasteiger partial charge in [-0.2, -0.15) is 24.9 Å². The highest BCUT2D eigenvalue weighted by atomic mass is 32.2. The van der Waals surface area contributed by atoms with Crippen LogP contribution < -0.4 is 5.32 Å². The van der Waals surface area contributed by atoms with Crippen molar-refractivity contribution >= 4 is 11.8 Å². The monoisotopic (exact) mass is 264 g/mol. The minimum Gasteiger partial charge on any atom is -0.309 e. The third kappa shape index (κ3) is 3.89. The summed E-state index contributed by atoms with van der Waals surface area (Å²) in [5, 5.41) is 3.05. The highest BCUT2D eigenvalue weighted by Gasteiger charge is 2.35. The van der Waals surface area contributed by atoms with Gasteiger partial charge in [0, 0.05) is 29.8 Å². The molecule has 0 aromatic carbocycles. The minimum absolute atomic E-state index is 0.219. The van der Waals surface area contributed by atoms with Gasteiger partial charge in [0.25, 0.3) is 0 Å². The molecule has 1 rings (SSSR count). The molecule has 0 saturated heterocycles. The number of hydrogen-bond donors (Lipinski definition) is 1. The second-order valence-corrected chi connectivity index (χ2v) is 4.44. The maximum atomic E-state index is 12.8. The topological polar surface area (TPSA) is 24.9 Å². The second kappa shape index (κ2) is 6.26. The fraction of sp³-hybridized carbons (Fsp3) is 0.545. The van der Waals surface area contributed by atoms with Crippen molar-refractivity contribution in [2.75, 3.05) is 18.6 Å². The second-order valence-electron chi connectivity index (χ2n) is 3.53. The highest BCUT2D eigenvalue weighted by Crippen LogP contribution is 2.34. The summed E-state index contributed by atoms with van der Waals surface area (Å²) >= 11 is 1.51. The number of hydrogen-bond acceptors (Lipinski definition) is 3. The molecule has 1 aromatic heterocycles. The van der Waals surface area contributed by atoms with E-state index >= 15 is 0 Å². The maximum absolute atomic E-state index is 12.8. The predicted molar refractivity (Wildman–Crippen MR) is 64.0 cm³/mol. The summed E-state index contributed by atoms with van der Waals surface area (Å²) in [6, 6.07) is 0.709. The molecule has 0 bridgehead atoms. The van der Waals surface area contributed by atoms with Crippen LogP contribution in [-0.2, 0) is 6.18 Å². The normalized spacial score (nSPS) is 13.7. The largest absolute Gasteiger partial charge is 0.416 e. The molecule has 2 nitrogen and oxygen atoms in total. The average Bonchev–Trinajstić information content (AvgIpc) is 2.28. The molecule has 0 aliphatic heterocycles. The third-order valence-electron chi connectivity index (χ3n) is 2.32.